The highest BCUT2D eigenvalue weighted by Gasteiger charge is 2.30. The molecule has 5 nitrogen and oxygen atoms in total. The summed E-state index contributed by atoms with van der Waals surface area (Å²) in [6.07, 6.45) is 0.410. The lowest BCUT2D eigenvalue weighted by molar-refractivity contribution is -0.141. The molecule has 1 aromatic carbocycles. The van der Waals surface area contributed by atoms with Crippen molar-refractivity contribution >= 4 is 12.0 Å². The van der Waals surface area contributed by atoms with E-state index in [9.17, 15) is 18.4 Å². The Kier molecular flexibility index (Phi) is 4.16. The van der Waals surface area contributed by atoms with E-state index in [4.69, 9.17) is 5.11 Å². The van der Waals surface area contributed by atoms with Crippen molar-refractivity contribution < 1.29 is 23.5 Å². The molecule has 0 saturated carbocycles. The number of hydrogen-bond donors (Lipinski definition) is 2. The summed E-state index contributed by atoms with van der Waals surface area (Å²) in [5.74, 6) is -2.88. The zero-order chi connectivity index (χ0) is 14.7. The van der Waals surface area contributed by atoms with Crippen molar-refractivity contribution in [3.05, 3.63) is 35.4 Å². The van der Waals surface area contributed by atoms with Crippen LogP contribution in [-0.2, 0) is 11.3 Å². The number of likely N-dealkylation sites (tertiary alicyclic amines) is 1. The predicted octanol–water partition coefficient (Wildman–Crippen LogP) is 1.58. The molecule has 2 amide bonds. The van der Waals surface area contributed by atoms with Gasteiger partial charge in [-0.1, -0.05) is 6.07 Å². The van der Waals surface area contributed by atoms with Crippen LogP contribution in [0.4, 0.5) is 13.6 Å². The van der Waals surface area contributed by atoms with Crippen LogP contribution in [0.1, 0.15) is 12.0 Å². The number of benzene rings is 1. The van der Waals surface area contributed by atoms with Crippen molar-refractivity contribution in [2.45, 2.75) is 13.0 Å². The van der Waals surface area contributed by atoms with Gasteiger partial charge in [-0.25, -0.2) is 13.6 Å². The summed E-state index contributed by atoms with van der Waals surface area (Å²) in [6, 6.07) is 2.67. The number of nitrogens with zero attached hydrogens (tertiary/aromatic N) is 1. The van der Waals surface area contributed by atoms with Crippen molar-refractivity contribution in [2.24, 2.45) is 5.92 Å². The highest BCUT2D eigenvalue weighted by Crippen LogP contribution is 2.16. The Labute approximate surface area is 114 Å². The molecule has 0 aromatic heterocycles. The van der Waals surface area contributed by atoms with Crippen LogP contribution in [0.25, 0.3) is 0 Å². The fourth-order valence-electron chi connectivity index (χ4n) is 2.09. The fraction of sp³-hybridized carbons (Fsp3) is 0.385. The normalized spacial score (nSPS) is 18.1. The van der Waals surface area contributed by atoms with Gasteiger partial charge in [0.1, 0.15) is 11.6 Å². The van der Waals surface area contributed by atoms with Gasteiger partial charge in [0, 0.05) is 31.3 Å². The van der Waals surface area contributed by atoms with E-state index in [1.807, 2.05) is 0 Å². The fourth-order valence-corrected chi connectivity index (χ4v) is 2.09. The van der Waals surface area contributed by atoms with Crippen LogP contribution in [0.3, 0.4) is 0 Å². The van der Waals surface area contributed by atoms with Crippen LogP contribution >= 0.6 is 0 Å². The van der Waals surface area contributed by atoms with E-state index in [1.54, 1.807) is 0 Å². The van der Waals surface area contributed by atoms with Crippen molar-refractivity contribution in [3.63, 3.8) is 0 Å². The smallest absolute Gasteiger partial charge is 0.317 e. The number of rotatable bonds is 3. The molecule has 20 heavy (non-hydrogen) atoms. The Balaban J connectivity index is 1.88. The van der Waals surface area contributed by atoms with Crippen LogP contribution in [0.15, 0.2) is 18.2 Å². The molecule has 108 valence electrons. The molecule has 0 aliphatic carbocycles. The summed E-state index contributed by atoms with van der Waals surface area (Å²) in [7, 11) is 0. The molecule has 0 radical (unpaired) electrons. The van der Waals surface area contributed by atoms with Crippen molar-refractivity contribution in [1.29, 1.82) is 0 Å². The summed E-state index contributed by atoms with van der Waals surface area (Å²) in [5.41, 5.74) is 0.175. The Morgan fingerprint density at radius 3 is 2.75 bits per heavy atom. The molecule has 1 aliphatic rings. The van der Waals surface area contributed by atoms with Gasteiger partial charge in [-0.2, -0.15) is 0 Å². The second kappa shape index (κ2) is 5.85. The number of nitrogens with one attached hydrogen (secondary N) is 1. The lowest BCUT2D eigenvalue weighted by Gasteiger charge is -2.16. The van der Waals surface area contributed by atoms with Crippen LogP contribution in [0.5, 0.6) is 0 Å². The maximum absolute atomic E-state index is 13.4. The van der Waals surface area contributed by atoms with Crippen molar-refractivity contribution in [2.75, 3.05) is 13.1 Å². The van der Waals surface area contributed by atoms with E-state index >= 15 is 0 Å². The minimum absolute atomic E-state index is 0.0703. The number of aliphatic carboxylic acids is 1. The van der Waals surface area contributed by atoms with Crippen LogP contribution in [-0.4, -0.2) is 35.1 Å². The zero-order valence-electron chi connectivity index (χ0n) is 10.6. The van der Waals surface area contributed by atoms with Gasteiger partial charge >= 0.3 is 12.0 Å². The maximum atomic E-state index is 13.4. The molecule has 1 saturated heterocycles. The van der Waals surface area contributed by atoms with Crippen molar-refractivity contribution in [1.82, 2.24) is 10.2 Å². The number of carboxylic acids is 1. The predicted molar refractivity (Wildman–Crippen MR) is 65.9 cm³/mol. The molecule has 2 N–H and O–H groups in total. The first-order valence-electron chi connectivity index (χ1n) is 6.17. The molecular formula is C13H14F2N2O3. The molecule has 1 fully saturated rings. The number of carbonyl (C=O) groups excluding carboxylic acids is 1. The number of urea groups is 1. The van der Waals surface area contributed by atoms with Gasteiger partial charge in [-0.3, -0.25) is 4.79 Å². The van der Waals surface area contributed by atoms with E-state index in [1.165, 1.54) is 11.0 Å². The Morgan fingerprint density at radius 2 is 2.15 bits per heavy atom. The number of hydrogen-bond acceptors (Lipinski definition) is 2. The number of amides is 2. The monoisotopic (exact) mass is 284 g/mol. The minimum Gasteiger partial charge on any atom is -0.481 e. The summed E-state index contributed by atoms with van der Waals surface area (Å²) in [5, 5.41) is 11.3. The second-order valence-electron chi connectivity index (χ2n) is 4.66. The third-order valence-electron chi connectivity index (χ3n) is 3.27. The third-order valence-corrected chi connectivity index (χ3v) is 3.27. The minimum atomic E-state index is -0.926. The Bertz CT molecular complexity index is 536. The quantitative estimate of drug-likeness (QED) is 0.885. The summed E-state index contributed by atoms with van der Waals surface area (Å²) in [6.45, 7) is 0.431. The molecule has 2 rings (SSSR count). The van der Waals surface area contributed by atoms with Gasteiger partial charge in [-0.05, 0) is 12.5 Å². The molecule has 1 heterocycles. The highest BCUT2D eigenvalue weighted by atomic mass is 19.1. The van der Waals surface area contributed by atoms with Gasteiger partial charge < -0.3 is 15.3 Å². The van der Waals surface area contributed by atoms with E-state index in [2.05, 4.69) is 5.32 Å². The molecule has 1 aromatic rings. The van der Waals surface area contributed by atoms with E-state index in [-0.39, 0.29) is 18.7 Å². The standard InChI is InChI=1S/C13H14F2N2O3/c14-10-2-1-8(11(15)5-10)6-16-13(20)17-4-3-9(7-17)12(18)19/h1-2,5,9H,3-4,6-7H2,(H,16,20)(H,18,19). The largest absolute Gasteiger partial charge is 0.481 e. The number of carbonyl (C=O) groups is 2. The Morgan fingerprint density at radius 1 is 1.40 bits per heavy atom. The molecule has 1 unspecified atom stereocenters. The topological polar surface area (TPSA) is 69.6 Å². The number of halogens is 2. The average Bonchev–Trinajstić information content (AvgIpc) is 2.87. The number of carboxylic acid groups (broad SMARTS) is 1. The van der Waals surface area contributed by atoms with Gasteiger partial charge in [0.15, 0.2) is 0 Å². The van der Waals surface area contributed by atoms with Gasteiger partial charge in [-0.15, -0.1) is 0 Å². The second-order valence-corrected chi connectivity index (χ2v) is 4.66. The third kappa shape index (κ3) is 3.23. The average molecular weight is 284 g/mol. The lowest BCUT2D eigenvalue weighted by atomic mass is 10.1. The van der Waals surface area contributed by atoms with Crippen LogP contribution < -0.4 is 5.32 Å². The van der Waals surface area contributed by atoms with Crippen LogP contribution in [0.2, 0.25) is 0 Å². The van der Waals surface area contributed by atoms with E-state index in [0.29, 0.717) is 13.0 Å². The van der Waals surface area contributed by atoms with Crippen LogP contribution in [0, 0.1) is 17.6 Å². The highest BCUT2D eigenvalue weighted by molar-refractivity contribution is 5.77. The SMILES string of the molecule is O=C(O)C1CCN(C(=O)NCc2ccc(F)cc2F)C1. The zero-order valence-corrected chi connectivity index (χ0v) is 10.6. The molecular weight excluding hydrogens is 270 g/mol. The summed E-state index contributed by atoms with van der Waals surface area (Å²) < 4.78 is 26.1. The molecule has 1 atom stereocenters. The molecule has 1 aliphatic heterocycles. The molecule has 0 spiro atoms. The first kappa shape index (κ1) is 14.2. The van der Waals surface area contributed by atoms with Gasteiger partial charge in [0.05, 0.1) is 5.92 Å². The summed E-state index contributed by atoms with van der Waals surface area (Å²) in [4.78, 5) is 23.9. The van der Waals surface area contributed by atoms with Gasteiger partial charge in [0.2, 0.25) is 0 Å². The van der Waals surface area contributed by atoms with E-state index < -0.39 is 29.6 Å². The van der Waals surface area contributed by atoms with Gasteiger partial charge in [0.25, 0.3) is 0 Å². The Hall–Kier alpha value is -2.18. The van der Waals surface area contributed by atoms with E-state index in [0.717, 1.165) is 12.1 Å². The van der Waals surface area contributed by atoms with Crippen molar-refractivity contribution in [3.8, 4) is 0 Å². The molecule has 0 bridgehead atoms. The maximum Gasteiger partial charge on any atom is 0.317 e. The first-order chi connectivity index (χ1) is 9.47. The first-order valence-corrected chi connectivity index (χ1v) is 6.17. The molecule has 7 heteroatoms. The summed E-state index contributed by atoms with van der Waals surface area (Å²) >= 11 is 0. The lowest BCUT2D eigenvalue weighted by Crippen LogP contribution is -2.38.